The van der Waals surface area contributed by atoms with Crippen molar-refractivity contribution in [3.63, 3.8) is 0 Å². The molecule has 16 heavy (non-hydrogen) atoms. The quantitative estimate of drug-likeness (QED) is 0.807. The lowest BCUT2D eigenvalue weighted by molar-refractivity contribution is 0.969. The Morgan fingerprint density at radius 2 is 1.81 bits per heavy atom. The van der Waals surface area contributed by atoms with Gasteiger partial charge in [-0.05, 0) is 42.8 Å². The molecule has 0 bridgehead atoms. The van der Waals surface area contributed by atoms with Gasteiger partial charge >= 0.3 is 0 Å². The number of aryl methyl sites for hydroxylation is 2. The van der Waals surface area contributed by atoms with Crippen molar-refractivity contribution in [2.45, 2.75) is 23.9 Å². The van der Waals surface area contributed by atoms with Gasteiger partial charge in [-0.2, -0.15) is 0 Å². The minimum absolute atomic E-state index is 0.588. The van der Waals surface area contributed by atoms with Crippen molar-refractivity contribution in [3.8, 4) is 0 Å². The molecule has 2 N–H and O–H groups in total. The van der Waals surface area contributed by atoms with Crippen molar-refractivity contribution in [2.24, 2.45) is 0 Å². The topological polar surface area (TPSA) is 51.8 Å². The van der Waals surface area contributed by atoms with E-state index in [0.29, 0.717) is 5.69 Å². The van der Waals surface area contributed by atoms with E-state index in [1.54, 1.807) is 24.2 Å². The van der Waals surface area contributed by atoms with Gasteiger partial charge in [0.25, 0.3) is 0 Å². The summed E-state index contributed by atoms with van der Waals surface area (Å²) in [5, 5.41) is 0.725. The number of hydrogen-bond acceptors (Lipinski definition) is 4. The van der Waals surface area contributed by atoms with Gasteiger partial charge in [0.2, 0.25) is 0 Å². The van der Waals surface area contributed by atoms with E-state index in [4.69, 9.17) is 5.73 Å². The van der Waals surface area contributed by atoms with Crippen molar-refractivity contribution in [1.82, 2.24) is 9.97 Å². The highest BCUT2D eigenvalue weighted by atomic mass is 32.2. The van der Waals surface area contributed by atoms with Crippen molar-refractivity contribution < 1.29 is 0 Å². The molecule has 0 spiro atoms. The fourth-order valence-corrected chi connectivity index (χ4v) is 2.18. The first kappa shape index (κ1) is 11.0. The molecule has 1 heterocycles. The standard InChI is InChI=1S/C12H13N3S/c1-8-3-4-9(2)11(5-8)16-12-14-6-10(13)7-15-12/h3-7H,13H2,1-2H3. The molecule has 0 fully saturated rings. The Bertz CT molecular complexity index is 494. The van der Waals surface area contributed by atoms with Crippen LogP contribution in [0.5, 0.6) is 0 Å². The monoisotopic (exact) mass is 231 g/mol. The normalized spacial score (nSPS) is 10.4. The molecule has 4 heteroatoms. The summed E-state index contributed by atoms with van der Waals surface area (Å²) in [6, 6.07) is 6.35. The minimum atomic E-state index is 0.588. The number of anilines is 1. The van der Waals surface area contributed by atoms with Crippen molar-refractivity contribution in [1.29, 1.82) is 0 Å². The molecule has 2 rings (SSSR count). The lowest BCUT2D eigenvalue weighted by Gasteiger charge is -2.05. The van der Waals surface area contributed by atoms with E-state index < -0.39 is 0 Å². The van der Waals surface area contributed by atoms with Gasteiger partial charge in [-0.25, -0.2) is 9.97 Å². The smallest absolute Gasteiger partial charge is 0.192 e. The van der Waals surface area contributed by atoms with E-state index >= 15 is 0 Å². The van der Waals surface area contributed by atoms with Gasteiger partial charge in [0.1, 0.15) is 0 Å². The third-order valence-electron chi connectivity index (χ3n) is 2.19. The molecule has 0 saturated carbocycles. The molecule has 82 valence electrons. The van der Waals surface area contributed by atoms with Crippen molar-refractivity contribution >= 4 is 17.4 Å². The lowest BCUT2D eigenvalue weighted by atomic mass is 10.2. The number of hydrogen-bond donors (Lipinski definition) is 1. The van der Waals surface area contributed by atoms with Crippen LogP contribution in [0.3, 0.4) is 0 Å². The molecule has 0 unspecified atom stereocenters. The summed E-state index contributed by atoms with van der Waals surface area (Å²) < 4.78 is 0. The Morgan fingerprint density at radius 1 is 1.12 bits per heavy atom. The summed E-state index contributed by atoms with van der Waals surface area (Å²) in [4.78, 5) is 9.53. The van der Waals surface area contributed by atoms with Gasteiger partial charge < -0.3 is 5.73 Å². The van der Waals surface area contributed by atoms with Gasteiger partial charge in [-0.15, -0.1) is 0 Å². The van der Waals surface area contributed by atoms with Gasteiger partial charge in [0.15, 0.2) is 5.16 Å². The molecule has 0 saturated heterocycles. The van der Waals surface area contributed by atoms with E-state index in [1.807, 2.05) is 0 Å². The maximum Gasteiger partial charge on any atom is 0.192 e. The Hall–Kier alpha value is -1.55. The number of nitrogens with two attached hydrogens (primary N) is 1. The third kappa shape index (κ3) is 2.52. The predicted octanol–water partition coefficient (Wildman–Crippen LogP) is 2.83. The van der Waals surface area contributed by atoms with Crippen LogP contribution in [0.15, 0.2) is 40.6 Å². The summed E-state index contributed by atoms with van der Waals surface area (Å²) in [6.07, 6.45) is 3.25. The van der Waals surface area contributed by atoms with Crippen LogP contribution in [0.1, 0.15) is 11.1 Å². The first-order valence-corrected chi connectivity index (χ1v) is 5.79. The Labute approximate surface area is 99.1 Å². The summed E-state index contributed by atoms with van der Waals surface area (Å²) in [5.41, 5.74) is 8.60. The van der Waals surface area contributed by atoms with Gasteiger partial charge in [-0.1, -0.05) is 12.1 Å². The van der Waals surface area contributed by atoms with Crippen LogP contribution in [0.2, 0.25) is 0 Å². The fourth-order valence-electron chi connectivity index (χ4n) is 1.29. The van der Waals surface area contributed by atoms with Gasteiger partial charge in [-0.3, -0.25) is 0 Å². The average Bonchev–Trinajstić information content (AvgIpc) is 2.27. The largest absolute Gasteiger partial charge is 0.396 e. The second-order valence-electron chi connectivity index (χ2n) is 3.67. The van der Waals surface area contributed by atoms with Crippen LogP contribution >= 0.6 is 11.8 Å². The summed E-state index contributed by atoms with van der Waals surface area (Å²) in [6.45, 7) is 4.16. The van der Waals surface area contributed by atoms with E-state index in [9.17, 15) is 0 Å². The molecule has 2 aromatic rings. The number of rotatable bonds is 2. The SMILES string of the molecule is Cc1ccc(C)c(Sc2ncc(N)cn2)c1. The first-order valence-electron chi connectivity index (χ1n) is 4.98. The minimum Gasteiger partial charge on any atom is -0.396 e. The molecule has 0 amide bonds. The molecule has 0 aliphatic rings. The van der Waals surface area contributed by atoms with Crippen molar-refractivity contribution in [3.05, 3.63) is 41.7 Å². The van der Waals surface area contributed by atoms with E-state index in [2.05, 4.69) is 42.0 Å². The second-order valence-corrected chi connectivity index (χ2v) is 4.68. The van der Waals surface area contributed by atoms with E-state index in [-0.39, 0.29) is 0 Å². The highest BCUT2D eigenvalue weighted by Crippen LogP contribution is 2.28. The molecule has 0 aliphatic carbocycles. The van der Waals surface area contributed by atoms with Gasteiger partial charge in [0.05, 0.1) is 18.1 Å². The summed E-state index contributed by atoms with van der Waals surface area (Å²) >= 11 is 1.56. The summed E-state index contributed by atoms with van der Waals surface area (Å²) in [7, 11) is 0. The highest BCUT2D eigenvalue weighted by Gasteiger charge is 2.03. The fraction of sp³-hybridized carbons (Fsp3) is 0.167. The lowest BCUT2D eigenvalue weighted by Crippen LogP contribution is -1.91. The van der Waals surface area contributed by atoms with E-state index in [1.165, 1.54) is 16.0 Å². The van der Waals surface area contributed by atoms with Crippen LogP contribution in [0.25, 0.3) is 0 Å². The number of aromatic nitrogens is 2. The maximum atomic E-state index is 5.54. The molecule has 0 atom stereocenters. The average molecular weight is 231 g/mol. The van der Waals surface area contributed by atoms with Gasteiger partial charge in [0, 0.05) is 4.90 Å². The zero-order valence-electron chi connectivity index (χ0n) is 9.27. The molecule has 1 aromatic heterocycles. The molecule has 0 aliphatic heterocycles. The Kier molecular flexibility index (Phi) is 3.10. The number of benzene rings is 1. The molecular formula is C12H13N3S. The number of nitrogens with zero attached hydrogens (tertiary/aromatic N) is 2. The zero-order chi connectivity index (χ0) is 11.5. The second kappa shape index (κ2) is 4.53. The Morgan fingerprint density at radius 3 is 2.50 bits per heavy atom. The van der Waals surface area contributed by atoms with E-state index in [0.717, 1.165) is 5.16 Å². The van der Waals surface area contributed by atoms with Crippen LogP contribution < -0.4 is 5.73 Å². The molecular weight excluding hydrogens is 218 g/mol. The van der Waals surface area contributed by atoms with Crippen LogP contribution in [-0.2, 0) is 0 Å². The van der Waals surface area contributed by atoms with Crippen LogP contribution in [0.4, 0.5) is 5.69 Å². The molecule has 0 radical (unpaired) electrons. The van der Waals surface area contributed by atoms with Crippen molar-refractivity contribution in [2.75, 3.05) is 5.73 Å². The number of nitrogen functional groups attached to an aromatic ring is 1. The zero-order valence-corrected chi connectivity index (χ0v) is 10.1. The van der Waals surface area contributed by atoms with Crippen LogP contribution in [-0.4, -0.2) is 9.97 Å². The summed E-state index contributed by atoms with van der Waals surface area (Å²) in [5.74, 6) is 0. The maximum absolute atomic E-state index is 5.54. The highest BCUT2D eigenvalue weighted by molar-refractivity contribution is 7.99. The molecule has 3 nitrogen and oxygen atoms in total. The Balaban J connectivity index is 2.26. The predicted molar refractivity (Wildman–Crippen MR) is 66.5 cm³/mol. The van der Waals surface area contributed by atoms with Crippen LogP contribution in [0, 0.1) is 13.8 Å². The molecule has 1 aromatic carbocycles. The third-order valence-corrected chi connectivity index (χ3v) is 3.25. The first-order chi connectivity index (χ1) is 7.65.